The van der Waals surface area contributed by atoms with Crippen LogP contribution >= 0.6 is 18.6 Å². The van der Waals surface area contributed by atoms with Crippen LogP contribution in [0.4, 0.5) is 0 Å². The molecule has 0 aliphatic heterocycles. The second-order valence-corrected chi connectivity index (χ2v) is 3.74. The predicted molar refractivity (Wildman–Crippen MR) is 32.8 cm³/mol. The van der Waals surface area contributed by atoms with Crippen molar-refractivity contribution in [3.8, 4) is 0 Å². The number of aliphatic hydroxyl groups is 1. The topological polar surface area (TPSA) is 20.2 Å². The number of rotatable bonds is 1. The summed E-state index contributed by atoms with van der Waals surface area (Å²) in [5.74, 6) is 0. The van der Waals surface area contributed by atoms with Crippen LogP contribution in [0.2, 0.25) is 0 Å². The first kappa shape index (κ1) is 12.0. The molecule has 8 heavy (non-hydrogen) atoms. The molecule has 1 nitrogen and oxygen atoms in total. The molecule has 0 heterocycles. The molecule has 4 heteroatoms. The van der Waals surface area contributed by atoms with Gasteiger partial charge in [0.1, 0.15) is 0 Å². The van der Waals surface area contributed by atoms with Crippen LogP contribution in [0.5, 0.6) is 0 Å². The minimum atomic E-state index is -0.556. The van der Waals surface area contributed by atoms with E-state index in [2.05, 4.69) is 0 Å². The van der Waals surface area contributed by atoms with Gasteiger partial charge in [0.2, 0.25) is 0 Å². The van der Waals surface area contributed by atoms with E-state index in [0.29, 0.717) is 6.10 Å². The Kier molecular flexibility index (Phi) is 16.6. The molecule has 0 rings (SSSR count). The van der Waals surface area contributed by atoms with E-state index in [1.165, 1.54) is 0 Å². The first-order chi connectivity index (χ1) is 3.68. The normalized spacial score (nSPS) is 7.75. The predicted octanol–water partition coefficient (Wildman–Crippen LogP) is 2.70. The zero-order chi connectivity index (χ0) is 6.99. The van der Waals surface area contributed by atoms with Gasteiger partial charge < -0.3 is 5.11 Å². The average Bonchev–Trinajstić information content (AvgIpc) is 1.69. The quantitative estimate of drug-likeness (QED) is 0.500. The third-order valence-electron chi connectivity index (χ3n) is 0.512. The number of hydrogen-bond acceptors (Lipinski definition) is 1. The van der Waals surface area contributed by atoms with Crippen LogP contribution in [0, 0.1) is 6.10 Å². The van der Waals surface area contributed by atoms with Crippen molar-refractivity contribution in [1.82, 2.24) is 0 Å². The molecular formula is C4H9Cl2OTi-. The minimum absolute atomic E-state index is 0.505. The van der Waals surface area contributed by atoms with Crippen LogP contribution < -0.4 is 0 Å². The Balaban J connectivity index is 0. The molecule has 0 amide bonds. The summed E-state index contributed by atoms with van der Waals surface area (Å²) in [4.78, 5) is 0. The van der Waals surface area contributed by atoms with Gasteiger partial charge in [-0.05, 0) is 0 Å². The maximum absolute atomic E-state index is 8.28. The first-order valence-corrected chi connectivity index (χ1v) is 6.46. The van der Waals surface area contributed by atoms with Gasteiger partial charge in [-0.25, -0.2) is 6.10 Å². The molecule has 0 fully saturated rings. The summed E-state index contributed by atoms with van der Waals surface area (Å²) in [7, 11) is 9.78. The van der Waals surface area contributed by atoms with Crippen molar-refractivity contribution < 1.29 is 22.1 Å². The molecular weight excluding hydrogens is 183 g/mol. The Morgan fingerprint density at radius 2 is 1.75 bits per heavy atom. The fraction of sp³-hybridized carbons (Fsp3) is 0.750. The molecule has 0 aliphatic carbocycles. The monoisotopic (exact) mass is 191 g/mol. The molecule has 0 spiro atoms. The van der Waals surface area contributed by atoms with E-state index >= 15 is 0 Å². The third kappa shape index (κ3) is 26.8. The molecule has 0 aromatic rings. The number of hydrogen-bond donors (Lipinski definition) is 1. The molecule has 1 N–H and O–H groups in total. The van der Waals surface area contributed by atoms with Gasteiger partial charge in [-0.2, -0.15) is 13.3 Å². The third-order valence-corrected chi connectivity index (χ3v) is 0.512. The van der Waals surface area contributed by atoms with E-state index in [4.69, 9.17) is 23.7 Å². The molecule has 0 aliphatic rings. The molecule has 0 aromatic carbocycles. The van der Waals surface area contributed by atoms with Crippen molar-refractivity contribution in [2.24, 2.45) is 0 Å². The fourth-order valence-corrected chi connectivity index (χ4v) is 0. The fourth-order valence-electron chi connectivity index (χ4n) is 0. The average molecular weight is 192 g/mol. The Morgan fingerprint density at radius 1 is 1.62 bits per heavy atom. The Labute approximate surface area is 67.1 Å². The van der Waals surface area contributed by atoms with Gasteiger partial charge in [0.15, 0.2) is 0 Å². The molecule has 0 saturated heterocycles. The van der Waals surface area contributed by atoms with Crippen LogP contribution in [0.25, 0.3) is 0 Å². The SMILES string of the molecule is CC[C-](C)O.[Cl][Ti][Cl]. The molecule has 0 unspecified atom stereocenters. The second-order valence-electron chi connectivity index (χ2n) is 1.16. The first-order valence-electron chi connectivity index (χ1n) is 2.16. The van der Waals surface area contributed by atoms with Gasteiger partial charge in [0, 0.05) is 0 Å². The van der Waals surface area contributed by atoms with Crippen LogP contribution in [-0.4, -0.2) is 5.11 Å². The summed E-state index contributed by atoms with van der Waals surface area (Å²) in [6.45, 7) is 3.61. The van der Waals surface area contributed by atoms with E-state index in [-0.39, 0.29) is 0 Å². The van der Waals surface area contributed by atoms with Gasteiger partial charge in [0.25, 0.3) is 0 Å². The number of aliphatic hydroxyl groups excluding tert-OH is 1. The Bertz CT molecular complexity index is 35.2. The molecule has 0 saturated carbocycles. The van der Waals surface area contributed by atoms with Gasteiger partial charge in [-0.1, -0.05) is 6.92 Å². The van der Waals surface area contributed by atoms with E-state index < -0.39 is 17.0 Å². The molecule has 50 valence electrons. The van der Waals surface area contributed by atoms with Crippen molar-refractivity contribution in [2.75, 3.05) is 0 Å². The van der Waals surface area contributed by atoms with Crippen LogP contribution in [0.3, 0.4) is 0 Å². The van der Waals surface area contributed by atoms with Crippen molar-refractivity contribution in [3.63, 3.8) is 0 Å². The van der Waals surface area contributed by atoms with Gasteiger partial charge >= 0.3 is 35.6 Å². The van der Waals surface area contributed by atoms with Crippen LogP contribution in [-0.2, 0) is 17.0 Å². The Hall–Kier alpha value is 1.25. The van der Waals surface area contributed by atoms with Crippen LogP contribution in [0.1, 0.15) is 20.3 Å². The zero-order valence-electron chi connectivity index (χ0n) is 4.91. The summed E-state index contributed by atoms with van der Waals surface area (Å²) < 4.78 is 0. The van der Waals surface area contributed by atoms with Gasteiger partial charge in [0.05, 0.1) is 0 Å². The molecule has 0 bridgehead atoms. The molecule has 0 radical (unpaired) electrons. The summed E-state index contributed by atoms with van der Waals surface area (Å²) in [6, 6.07) is 0. The van der Waals surface area contributed by atoms with E-state index in [9.17, 15) is 0 Å². The standard InChI is InChI=1S/C4H9O.2ClH.Ti/c1-3-4(2)5;;;/h5H,3H2,1-2H3;2*1H;/q-1;;;+2/p-2. The van der Waals surface area contributed by atoms with Crippen molar-refractivity contribution in [2.45, 2.75) is 20.3 Å². The summed E-state index contributed by atoms with van der Waals surface area (Å²) in [6.07, 6.45) is 1.28. The summed E-state index contributed by atoms with van der Waals surface area (Å²) in [5, 5.41) is 8.28. The zero-order valence-corrected chi connectivity index (χ0v) is 7.98. The maximum atomic E-state index is 8.28. The van der Waals surface area contributed by atoms with Crippen LogP contribution in [0.15, 0.2) is 0 Å². The van der Waals surface area contributed by atoms with Crippen molar-refractivity contribution >= 4 is 18.6 Å². The summed E-state index contributed by atoms with van der Waals surface area (Å²) in [5.41, 5.74) is 0. The molecule has 0 aromatic heterocycles. The van der Waals surface area contributed by atoms with Crippen molar-refractivity contribution in [3.05, 3.63) is 6.10 Å². The van der Waals surface area contributed by atoms with Gasteiger partial charge in [-0.15, -0.1) is 0 Å². The van der Waals surface area contributed by atoms with E-state index in [1.807, 2.05) is 6.92 Å². The number of halogens is 2. The second kappa shape index (κ2) is 11.1. The molecule has 0 atom stereocenters. The van der Waals surface area contributed by atoms with E-state index in [1.54, 1.807) is 6.92 Å². The van der Waals surface area contributed by atoms with Gasteiger partial charge in [-0.3, -0.25) is 0 Å². The van der Waals surface area contributed by atoms with Crippen molar-refractivity contribution in [1.29, 1.82) is 0 Å². The van der Waals surface area contributed by atoms with E-state index in [0.717, 1.165) is 6.42 Å². The summed E-state index contributed by atoms with van der Waals surface area (Å²) >= 11 is -0.556. The Morgan fingerprint density at radius 3 is 1.75 bits per heavy atom.